The molecule has 94 valence electrons. The van der Waals surface area contributed by atoms with Crippen LogP contribution in [0.3, 0.4) is 0 Å². The monoisotopic (exact) mass is 245 g/mol. The highest BCUT2D eigenvalue weighted by molar-refractivity contribution is 6.18. The maximum Gasteiger partial charge on any atom is 0.220 e. The molecule has 1 saturated carbocycles. The summed E-state index contributed by atoms with van der Waals surface area (Å²) in [7, 11) is 0. The number of carbonyl (C=O) groups is 1. The second-order valence-electron chi connectivity index (χ2n) is 5.07. The van der Waals surface area contributed by atoms with E-state index in [1.54, 1.807) is 0 Å². The van der Waals surface area contributed by atoms with E-state index in [2.05, 4.69) is 12.2 Å². The fourth-order valence-corrected chi connectivity index (χ4v) is 2.16. The number of amides is 1. The van der Waals surface area contributed by atoms with E-state index in [9.17, 15) is 4.79 Å². The molecule has 1 aliphatic rings. The first-order valence-electron chi connectivity index (χ1n) is 6.55. The minimum Gasteiger partial charge on any atom is -0.356 e. The molecule has 0 aromatic heterocycles. The smallest absolute Gasteiger partial charge is 0.220 e. The summed E-state index contributed by atoms with van der Waals surface area (Å²) in [6.07, 6.45) is 9.04. The molecule has 0 radical (unpaired) electrons. The molecule has 1 rings (SSSR count). The molecule has 0 heterocycles. The lowest BCUT2D eigenvalue weighted by Gasteiger charge is -2.12. The molecule has 1 N–H and O–H groups in total. The Hall–Kier alpha value is -0.240. The third kappa shape index (κ3) is 5.20. The van der Waals surface area contributed by atoms with Crippen LogP contribution in [0.5, 0.6) is 0 Å². The average molecular weight is 246 g/mol. The van der Waals surface area contributed by atoms with Crippen molar-refractivity contribution in [3.8, 4) is 0 Å². The molecule has 1 aliphatic carbocycles. The molecule has 1 amide bonds. The molecule has 3 heteroatoms. The Balaban J connectivity index is 1.95. The van der Waals surface area contributed by atoms with Gasteiger partial charge in [-0.25, -0.2) is 0 Å². The Morgan fingerprint density at radius 2 is 1.94 bits per heavy atom. The van der Waals surface area contributed by atoms with Crippen molar-refractivity contribution in [3.63, 3.8) is 0 Å². The zero-order valence-electron chi connectivity index (χ0n) is 10.4. The summed E-state index contributed by atoms with van der Waals surface area (Å²) in [6.45, 7) is 2.98. The molecular weight excluding hydrogens is 222 g/mol. The highest BCUT2D eigenvalue weighted by Crippen LogP contribution is 2.45. The van der Waals surface area contributed by atoms with Crippen LogP contribution in [0.2, 0.25) is 0 Å². The second-order valence-corrected chi connectivity index (χ2v) is 5.34. The minimum atomic E-state index is 0.202. The van der Waals surface area contributed by atoms with Crippen LogP contribution in [0.15, 0.2) is 0 Å². The van der Waals surface area contributed by atoms with Crippen LogP contribution in [0, 0.1) is 5.41 Å². The Bertz CT molecular complexity index is 214. The van der Waals surface area contributed by atoms with Gasteiger partial charge < -0.3 is 5.32 Å². The number of unbranched alkanes of at least 4 members (excludes halogenated alkanes) is 4. The topological polar surface area (TPSA) is 29.1 Å². The SMILES string of the molecule is CCCCCCCC(=O)NCC1(CCl)CC1. The van der Waals surface area contributed by atoms with Gasteiger partial charge >= 0.3 is 0 Å². The van der Waals surface area contributed by atoms with Gasteiger partial charge in [0.1, 0.15) is 0 Å². The quantitative estimate of drug-likeness (QED) is 0.489. The van der Waals surface area contributed by atoms with E-state index < -0.39 is 0 Å². The average Bonchev–Trinajstić information content (AvgIpc) is 3.07. The van der Waals surface area contributed by atoms with Gasteiger partial charge in [-0.15, -0.1) is 11.6 Å². The second kappa shape index (κ2) is 7.16. The van der Waals surface area contributed by atoms with Crippen LogP contribution in [0.1, 0.15) is 58.3 Å². The largest absolute Gasteiger partial charge is 0.356 e. The van der Waals surface area contributed by atoms with E-state index in [0.29, 0.717) is 12.3 Å². The van der Waals surface area contributed by atoms with E-state index in [1.165, 1.54) is 38.5 Å². The van der Waals surface area contributed by atoms with Crippen LogP contribution in [-0.4, -0.2) is 18.3 Å². The Morgan fingerprint density at radius 3 is 2.50 bits per heavy atom. The van der Waals surface area contributed by atoms with E-state index in [0.717, 1.165) is 13.0 Å². The number of nitrogens with one attached hydrogen (secondary N) is 1. The van der Waals surface area contributed by atoms with Crippen molar-refractivity contribution >= 4 is 17.5 Å². The van der Waals surface area contributed by atoms with Gasteiger partial charge in [0, 0.05) is 24.3 Å². The fraction of sp³-hybridized carbons (Fsp3) is 0.923. The summed E-state index contributed by atoms with van der Waals surface area (Å²) in [5.41, 5.74) is 0.249. The first kappa shape index (κ1) is 13.8. The summed E-state index contributed by atoms with van der Waals surface area (Å²) >= 11 is 5.85. The number of carbonyl (C=O) groups excluding carboxylic acids is 1. The molecule has 0 aliphatic heterocycles. The van der Waals surface area contributed by atoms with Crippen molar-refractivity contribution in [2.75, 3.05) is 12.4 Å². The Labute approximate surface area is 104 Å². The number of hydrogen-bond donors (Lipinski definition) is 1. The van der Waals surface area contributed by atoms with E-state index in [-0.39, 0.29) is 11.3 Å². The van der Waals surface area contributed by atoms with Crippen LogP contribution in [0.25, 0.3) is 0 Å². The van der Waals surface area contributed by atoms with Gasteiger partial charge in [-0.1, -0.05) is 32.6 Å². The number of halogens is 1. The van der Waals surface area contributed by atoms with Crippen LogP contribution in [-0.2, 0) is 4.79 Å². The summed E-state index contributed by atoms with van der Waals surface area (Å²) in [4.78, 5) is 11.5. The lowest BCUT2D eigenvalue weighted by Crippen LogP contribution is -2.30. The van der Waals surface area contributed by atoms with Gasteiger partial charge in [0.25, 0.3) is 0 Å². The van der Waals surface area contributed by atoms with Gasteiger partial charge in [-0.05, 0) is 19.3 Å². The third-order valence-electron chi connectivity index (χ3n) is 3.41. The van der Waals surface area contributed by atoms with Crippen molar-refractivity contribution in [2.45, 2.75) is 58.3 Å². The molecule has 0 unspecified atom stereocenters. The summed E-state index contributed by atoms with van der Waals surface area (Å²) < 4.78 is 0. The molecule has 16 heavy (non-hydrogen) atoms. The van der Waals surface area contributed by atoms with Gasteiger partial charge in [0.2, 0.25) is 5.91 Å². The normalized spacial score (nSPS) is 17.1. The predicted molar refractivity (Wildman–Crippen MR) is 68.8 cm³/mol. The van der Waals surface area contributed by atoms with Crippen molar-refractivity contribution < 1.29 is 4.79 Å². The highest BCUT2D eigenvalue weighted by Gasteiger charge is 2.41. The molecule has 0 spiro atoms. The maximum atomic E-state index is 11.5. The van der Waals surface area contributed by atoms with E-state index in [4.69, 9.17) is 11.6 Å². The fourth-order valence-electron chi connectivity index (χ4n) is 1.80. The van der Waals surface area contributed by atoms with Crippen LogP contribution >= 0.6 is 11.6 Å². The van der Waals surface area contributed by atoms with Gasteiger partial charge in [-0.3, -0.25) is 4.79 Å². The minimum absolute atomic E-state index is 0.202. The first-order chi connectivity index (χ1) is 7.72. The van der Waals surface area contributed by atoms with Crippen molar-refractivity contribution in [3.05, 3.63) is 0 Å². The Kier molecular flexibility index (Phi) is 6.18. The molecule has 0 aromatic rings. The van der Waals surface area contributed by atoms with E-state index >= 15 is 0 Å². The zero-order valence-corrected chi connectivity index (χ0v) is 11.1. The number of rotatable bonds is 9. The van der Waals surface area contributed by atoms with Crippen LogP contribution in [0.4, 0.5) is 0 Å². The van der Waals surface area contributed by atoms with E-state index in [1.807, 2.05) is 0 Å². The molecule has 1 fully saturated rings. The molecule has 0 atom stereocenters. The number of hydrogen-bond acceptors (Lipinski definition) is 1. The molecule has 0 bridgehead atoms. The molecular formula is C13H24ClNO. The first-order valence-corrected chi connectivity index (χ1v) is 7.08. The summed E-state index contributed by atoms with van der Waals surface area (Å²) in [6, 6.07) is 0. The molecule has 0 saturated heterocycles. The Morgan fingerprint density at radius 1 is 1.25 bits per heavy atom. The summed E-state index contributed by atoms with van der Waals surface area (Å²) in [5, 5.41) is 3.00. The lowest BCUT2D eigenvalue weighted by atomic mass is 10.1. The molecule has 2 nitrogen and oxygen atoms in total. The number of alkyl halides is 1. The summed E-state index contributed by atoms with van der Waals surface area (Å²) in [5.74, 6) is 0.886. The zero-order chi connectivity index (χ0) is 11.9. The third-order valence-corrected chi connectivity index (χ3v) is 3.98. The molecule has 0 aromatic carbocycles. The van der Waals surface area contributed by atoms with Gasteiger partial charge in [0.15, 0.2) is 0 Å². The van der Waals surface area contributed by atoms with Gasteiger partial charge in [0.05, 0.1) is 0 Å². The predicted octanol–water partition coefficient (Wildman–Crippen LogP) is 3.48. The van der Waals surface area contributed by atoms with Crippen molar-refractivity contribution in [1.29, 1.82) is 0 Å². The van der Waals surface area contributed by atoms with Gasteiger partial charge in [-0.2, -0.15) is 0 Å². The maximum absolute atomic E-state index is 11.5. The lowest BCUT2D eigenvalue weighted by molar-refractivity contribution is -0.121. The van der Waals surface area contributed by atoms with Crippen molar-refractivity contribution in [2.24, 2.45) is 5.41 Å². The standard InChI is InChI=1S/C13H24ClNO/c1-2-3-4-5-6-7-12(16)15-11-13(10-14)8-9-13/h2-11H2,1H3,(H,15,16). The highest BCUT2D eigenvalue weighted by atomic mass is 35.5. The van der Waals surface area contributed by atoms with Crippen LogP contribution < -0.4 is 5.32 Å². The van der Waals surface area contributed by atoms with Crippen molar-refractivity contribution in [1.82, 2.24) is 5.32 Å².